The standard InChI is InChI=1S/C22H22F2N4O4S/c1-22(2,3)21-26-19(27-32-21)14-8-17-18(9-15(14)24)33(30,31)11-16(25)20(29)28(17)10-12-4-6-13(23)7-5-12/h4-9,16H,10-11,25H2,1-3H3/t16-/m0/s1. The number of rotatable bonds is 3. The number of halogens is 2. The summed E-state index contributed by atoms with van der Waals surface area (Å²) in [6.45, 7) is 5.43. The Morgan fingerprint density at radius 2 is 1.85 bits per heavy atom. The number of amides is 1. The van der Waals surface area contributed by atoms with Crippen molar-refractivity contribution in [3.05, 3.63) is 59.5 Å². The number of carbonyl (C=O) groups is 1. The molecule has 0 radical (unpaired) electrons. The largest absolute Gasteiger partial charge is 0.338 e. The molecule has 3 aromatic rings. The Labute approximate surface area is 189 Å². The Hall–Kier alpha value is -3.18. The van der Waals surface area contributed by atoms with Crippen molar-refractivity contribution in [1.82, 2.24) is 10.1 Å². The van der Waals surface area contributed by atoms with E-state index in [9.17, 15) is 17.6 Å². The van der Waals surface area contributed by atoms with Gasteiger partial charge in [-0.25, -0.2) is 17.2 Å². The third-order valence-corrected chi connectivity index (χ3v) is 7.01. The molecule has 2 aromatic carbocycles. The minimum atomic E-state index is -4.08. The van der Waals surface area contributed by atoms with E-state index in [2.05, 4.69) is 10.1 Å². The van der Waals surface area contributed by atoms with Crippen molar-refractivity contribution in [2.75, 3.05) is 10.7 Å². The number of fused-ring (bicyclic) bond motifs is 1. The van der Waals surface area contributed by atoms with Crippen LogP contribution in [0.3, 0.4) is 0 Å². The maximum Gasteiger partial charge on any atom is 0.245 e. The number of hydrogen-bond acceptors (Lipinski definition) is 7. The Balaban J connectivity index is 1.89. The SMILES string of the molecule is CC(C)(C)c1nc(-c2cc3c(cc2F)S(=O)(=O)C[C@H](N)C(=O)N3Cc2ccc(F)cc2)no1. The molecule has 0 saturated heterocycles. The molecule has 33 heavy (non-hydrogen) atoms. The summed E-state index contributed by atoms with van der Waals surface area (Å²) in [5.41, 5.74) is 5.73. The van der Waals surface area contributed by atoms with Crippen molar-refractivity contribution >= 4 is 21.4 Å². The Kier molecular flexibility index (Phi) is 5.57. The van der Waals surface area contributed by atoms with E-state index in [0.29, 0.717) is 5.56 Å². The van der Waals surface area contributed by atoms with Gasteiger partial charge in [-0.1, -0.05) is 38.1 Å². The fraction of sp³-hybridized carbons (Fsp3) is 0.318. The predicted octanol–water partition coefficient (Wildman–Crippen LogP) is 2.96. The second kappa shape index (κ2) is 7.99. The maximum atomic E-state index is 15.1. The number of benzene rings is 2. The van der Waals surface area contributed by atoms with Crippen LogP contribution in [-0.4, -0.2) is 36.3 Å². The average Bonchev–Trinajstić information content (AvgIpc) is 3.21. The summed E-state index contributed by atoms with van der Waals surface area (Å²) >= 11 is 0. The fourth-order valence-electron chi connectivity index (χ4n) is 3.46. The van der Waals surface area contributed by atoms with E-state index in [0.717, 1.165) is 11.0 Å². The van der Waals surface area contributed by atoms with E-state index in [1.165, 1.54) is 30.3 Å². The smallest absolute Gasteiger partial charge is 0.245 e. The molecule has 2 N–H and O–H groups in total. The summed E-state index contributed by atoms with van der Waals surface area (Å²) in [6, 6.07) is 6.07. The Morgan fingerprint density at radius 1 is 1.18 bits per heavy atom. The summed E-state index contributed by atoms with van der Waals surface area (Å²) in [5, 5.41) is 3.83. The summed E-state index contributed by atoms with van der Waals surface area (Å²) in [5.74, 6) is -2.50. The molecule has 0 bridgehead atoms. The second-order valence-corrected chi connectivity index (χ2v) is 10.9. The lowest BCUT2D eigenvalue weighted by atomic mass is 9.97. The van der Waals surface area contributed by atoms with Gasteiger partial charge in [-0.3, -0.25) is 4.79 Å². The Morgan fingerprint density at radius 3 is 2.45 bits per heavy atom. The molecule has 8 nitrogen and oxygen atoms in total. The first kappa shape index (κ1) is 23.0. The molecule has 0 fully saturated rings. The highest BCUT2D eigenvalue weighted by molar-refractivity contribution is 7.91. The van der Waals surface area contributed by atoms with Crippen LogP contribution in [0.1, 0.15) is 32.2 Å². The number of nitrogens with zero attached hydrogens (tertiary/aromatic N) is 3. The summed E-state index contributed by atoms with van der Waals surface area (Å²) in [6.07, 6.45) is 0. The van der Waals surface area contributed by atoms with Crippen LogP contribution in [0.15, 0.2) is 45.8 Å². The van der Waals surface area contributed by atoms with Crippen molar-refractivity contribution in [3.8, 4) is 11.4 Å². The van der Waals surface area contributed by atoms with Gasteiger partial charge in [-0.05, 0) is 29.8 Å². The minimum Gasteiger partial charge on any atom is -0.338 e. The molecule has 1 aliphatic heterocycles. The number of aromatic nitrogens is 2. The molecule has 0 saturated carbocycles. The van der Waals surface area contributed by atoms with Crippen LogP contribution in [0.25, 0.3) is 11.4 Å². The van der Waals surface area contributed by atoms with Gasteiger partial charge in [0.05, 0.1) is 34.5 Å². The van der Waals surface area contributed by atoms with Crippen molar-refractivity contribution in [3.63, 3.8) is 0 Å². The van der Waals surface area contributed by atoms with E-state index >= 15 is 4.39 Å². The summed E-state index contributed by atoms with van der Waals surface area (Å²) < 4.78 is 59.5. The normalized spacial score (nSPS) is 18.2. The van der Waals surface area contributed by atoms with Crippen molar-refractivity contribution in [1.29, 1.82) is 0 Å². The van der Waals surface area contributed by atoms with Crippen LogP contribution >= 0.6 is 0 Å². The number of nitrogens with two attached hydrogens (primary N) is 1. The first-order valence-electron chi connectivity index (χ1n) is 10.1. The number of carbonyl (C=O) groups excluding carboxylic acids is 1. The van der Waals surface area contributed by atoms with Crippen LogP contribution in [0.5, 0.6) is 0 Å². The van der Waals surface area contributed by atoms with Gasteiger partial charge in [0.2, 0.25) is 17.6 Å². The third kappa shape index (κ3) is 4.38. The number of anilines is 1. The average molecular weight is 477 g/mol. The number of sulfone groups is 1. The van der Waals surface area contributed by atoms with Crippen molar-refractivity contribution in [2.24, 2.45) is 5.73 Å². The van der Waals surface area contributed by atoms with E-state index in [4.69, 9.17) is 10.3 Å². The van der Waals surface area contributed by atoms with Gasteiger partial charge in [0, 0.05) is 5.41 Å². The molecule has 11 heteroatoms. The molecule has 1 aliphatic rings. The molecule has 1 amide bonds. The molecular formula is C22H22F2N4O4S. The van der Waals surface area contributed by atoms with Crippen LogP contribution in [0.4, 0.5) is 14.5 Å². The lowest BCUT2D eigenvalue weighted by Crippen LogP contribution is -2.45. The highest BCUT2D eigenvalue weighted by Crippen LogP contribution is 2.37. The van der Waals surface area contributed by atoms with Crippen LogP contribution in [0.2, 0.25) is 0 Å². The molecule has 1 aromatic heterocycles. The van der Waals surface area contributed by atoms with Gasteiger partial charge < -0.3 is 15.2 Å². The molecule has 0 unspecified atom stereocenters. The highest BCUT2D eigenvalue weighted by Gasteiger charge is 2.37. The fourth-order valence-corrected chi connectivity index (χ4v) is 5.03. The van der Waals surface area contributed by atoms with Crippen LogP contribution in [0, 0.1) is 11.6 Å². The molecular weight excluding hydrogens is 454 g/mol. The zero-order valence-corrected chi connectivity index (χ0v) is 19.0. The second-order valence-electron chi connectivity index (χ2n) is 8.91. The quantitative estimate of drug-likeness (QED) is 0.617. The summed E-state index contributed by atoms with van der Waals surface area (Å²) in [4.78, 5) is 18.1. The van der Waals surface area contributed by atoms with Crippen molar-refractivity contribution < 1.29 is 26.5 Å². The first-order chi connectivity index (χ1) is 15.4. The molecule has 1 atom stereocenters. The molecule has 174 valence electrons. The number of hydrogen-bond donors (Lipinski definition) is 1. The molecule has 0 spiro atoms. The van der Waals surface area contributed by atoms with Crippen molar-refractivity contribution in [2.45, 2.75) is 43.7 Å². The highest BCUT2D eigenvalue weighted by atomic mass is 32.2. The van der Waals surface area contributed by atoms with Gasteiger partial charge in [0.15, 0.2) is 9.84 Å². The lowest BCUT2D eigenvalue weighted by molar-refractivity contribution is -0.119. The zero-order valence-electron chi connectivity index (χ0n) is 18.2. The topological polar surface area (TPSA) is 119 Å². The van der Waals surface area contributed by atoms with Crippen LogP contribution < -0.4 is 10.6 Å². The van der Waals surface area contributed by atoms with E-state index < -0.39 is 44.6 Å². The molecule has 4 rings (SSSR count). The summed E-state index contributed by atoms with van der Waals surface area (Å²) in [7, 11) is -4.08. The van der Waals surface area contributed by atoms with Crippen LogP contribution in [-0.2, 0) is 26.6 Å². The van der Waals surface area contributed by atoms with E-state index in [1.807, 2.05) is 20.8 Å². The van der Waals surface area contributed by atoms with E-state index in [-0.39, 0.29) is 34.4 Å². The Bertz CT molecular complexity index is 1330. The van der Waals surface area contributed by atoms with Gasteiger partial charge >= 0.3 is 0 Å². The van der Waals surface area contributed by atoms with Gasteiger partial charge in [-0.2, -0.15) is 4.98 Å². The van der Waals surface area contributed by atoms with Gasteiger partial charge in [-0.15, -0.1) is 0 Å². The zero-order chi connectivity index (χ0) is 24.1. The minimum absolute atomic E-state index is 0.0595. The third-order valence-electron chi connectivity index (χ3n) is 5.22. The van der Waals surface area contributed by atoms with E-state index in [1.54, 1.807) is 0 Å². The molecule has 2 heterocycles. The maximum absolute atomic E-state index is 15.1. The van der Waals surface area contributed by atoms with Gasteiger partial charge in [0.25, 0.3) is 0 Å². The monoisotopic (exact) mass is 476 g/mol. The predicted molar refractivity (Wildman–Crippen MR) is 116 cm³/mol. The lowest BCUT2D eigenvalue weighted by Gasteiger charge is -2.24. The van der Waals surface area contributed by atoms with Gasteiger partial charge in [0.1, 0.15) is 11.6 Å². The first-order valence-corrected chi connectivity index (χ1v) is 11.7. The molecule has 0 aliphatic carbocycles.